The van der Waals surface area contributed by atoms with E-state index >= 15 is 0 Å². The van der Waals surface area contributed by atoms with E-state index in [9.17, 15) is 18.0 Å². The van der Waals surface area contributed by atoms with E-state index in [0.29, 0.717) is 25.3 Å². The number of anilines is 2. The number of carbonyl (C=O) groups is 1. The van der Waals surface area contributed by atoms with Gasteiger partial charge in [-0.1, -0.05) is 24.8 Å². The van der Waals surface area contributed by atoms with E-state index in [-0.39, 0.29) is 17.4 Å². The molecular weight excluding hydrogens is 453 g/mol. The van der Waals surface area contributed by atoms with Gasteiger partial charge in [-0.05, 0) is 55.5 Å². The Morgan fingerprint density at radius 1 is 1.06 bits per heavy atom. The van der Waals surface area contributed by atoms with Crippen molar-refractivity contribution in [2.45, 2.75) is 37.9 Å². The smallest absolute Gasteiger partial charge is 0.371 e. The topological polar surface area (TPSA) is 47.6 Å². The van der Waals surface area contributed by atoms with Crippen LogP contribution >= 0.6 is 0 Å². The third-order valence-corrected chi connectivity index (χ3v) is 7.19. The van der Waals surface area contributed by atoms with E-state index in [2.05, 4.69) is 22.1 Å². The number of rotatable bonds is 6. The summed E-state index contributed by atoms with van der Waals surface area (Å²) in [6.45, 7) is 7.81. The van der Waals surface area contributed by atoms with Crippen molar-refractivity contribution in [3.63, 3.8) is 0 Å². The zero-order valence-electron chi connectivity index (χ0n) is 19.7. The number of halogens is 3. The van der Waals surface area contributed by atoms with Crippen molar-refractivity contribution in [1.29, 1.82) is 0 Å². The lowest BCUT2D eigenvalue weighted by molar-refractivity contribution is -0.138. The molecular formula is C27H31F3N4O. The standard InChI is InChI=1S/C27H31F3N4O/c1-18(34-15-12-31-17-25(34)22-6-2-3-7-23(22)27(28,29)30)21-11-10-20(32-26(35)19-8-9-19)16-24(21)33-13-4-5-14-33/h2-3,6-7,10-11,16,19,25,31H,1,4-5,8-9,12-15,17H2,(H,32,35). The molecule has 1 saturated carbocycles. The molecule has 8 heteroatoms. The molecule has 0 bridgehead atoms. The number of carbonyl (C=O) groups excluding carboxylic acids is 1. The number of hydrogen-bond donors (Lipinski definition) is 2. The number of hydrogen-bond acceptors (Lipinski definition) is 4. The first kappa shape index (κ1) is 23.7. The van der Waals surface area contributed by atoms with Crippen molar-refractivity contribution in [2.75, 3.05) is 42.9 Å². The maximum atomic E-state index is 13.8. The highest BCUT2D eigenvalue weighted by Gasteiger charge is 2.38. The highest BCUT2D eigenvalue weighted by atomic mass is 19.4. The zero-order chi connectivity index (χ0) is 24.6. The van der Waals surface area contributed by atoms with Crippen molar-refractivity contribution in [3.05, 3.63) is 65.7 Å². The minimum Gasteiger partial charge on any atom is -0.371 e. The zero-order valence-corrected chi connectivity index (χ0v) is 19.7. The summed E-state index contributed by atoms with van der Waals surface area (Å²) in [7, 11) is 0. The van der Waals surface area contributed by atoms with E-state index in [1.54, 1.807) is 12.1 Å². The molecule has 2 aromatic carbocycles. The van der Waals surface area contributed by atoms with Gasteiger partial charge >= 0.3 is 6.18 Å². The van der Waals surface area contributed by atoms with Gasteiger partial charge in [0.25, 0.3) is 0 Å². The Bertz CT molecular complexity index is 1110. The SMILES string of the molecule is C=C(c1ccc(NC(=O)C2CC2)cc1N1CCCC1)N1CCNCC1c1ccccc1C(F)(F)F. The quantitative estimate of drug-likeness (QED) is 0.587. The minimum absolute atomic E-state index is 0.0508. The number of benzene rings is 2. The first-order valence-electron chi connectivity index (χ1n) is 12.4. The predicted molar refractivity (Wildman–Crippen MR) is 132 cm³/mol. The molecule has 2 N–H and O–H groups in total. The highest BCUT2D eigenvalue weighted by molar-refractivity contribution is 5.95. The van der Waals surface area contributed by atoms with E-state index in [1.807, 2.05) is 23.1 Å². The number of piperazine rings is 1. The van der Waals surface area contributed by atoms with Gasteiger partial charge in [-0.15, -0.1) is 0 Å². The van der Waals surface area contributed by atoms with Crippen LogP contribution in [0.25, 0.3) is 5.70 Å². The van der Waals surface area contributed by atoms with Gasteiger partial charge < -0.3 is 20.4 Å². The lowest BCUT2D eigenvalue weighted by Gasteiger charge is -2.41. The van der Waals surface area contributed by atoms with Crippen LogP contribution in [-0.2, 0) is 11.0 Å². The molecule has 1 amide bonds. The molecule has 0 spiro atoms. The Morgan fingerprint density at radius 3 is 2.51 bits per heavy atom. The van der Waals surface area contributed by atoms with Crippen LogP contribution in [0.3, 0.4) is 0 Å². The van der Waals surface area contributed by atoms with Crippen molar-refractivity contribution < 1.29 is 18.0 Å². The molecule has 0 aromatic heterocycles. The van der Waals surface area contributed by atoms with Gasteiger partial charge in [-0.25, -0.2) is 0 Å². The molecule has 2 saturated heterocycles. The summed E-state index contributed by atoms with van der Waals surface area (Å²) < 4.78 is 41.5. The second kappa shape index (κ2) is 9.57. The molecule has 2 aliphatic heterocycles. The summed E-state index contributed by atoms with van der Waals surface area (Å²) >= 11 is 0. The van der Waals surface area contributed by atoms with Crippen molar-refractivity contribution in [2.24, 2.45) is 5.92 Å². The molecule has 186 valence electrons. The Balaban J connectivity index is 1.49. The summed E-state index contributed by atoms with van der Waals surface area (Å²) in [5.74, 6) is 0.157. The summed E-state index contributed by atoms with van der Waals surface area (Å²) in [5, 5.41) is 6.29. The van der Waals surface area contributed by atoms with E-state index in [0.717, 1.165) is 61.8 Å². The molecule has 3 aliphatic rings. The van der Waals surface area contributed by atoms with Gasteiger partial charge in [0.2, 0.25) is 5.91 Å². The molecule has 35 heavy (non-hydrogen) atoms. The van der Waals surface area contributed by atoms with Crippen LogP contribution in [0.4, 0.5) is 24.5 Å². The molecule has 3 fully saturated rings. The number of nitrogens with one attached hydrogen (secondary N) is 2. The van der Waals surface area contributed by atoms with E-state index in [4.69, 9.17) is 0 Å². The minimum atomic E-state index is -4.43. The van der Waals surface area contributed by atoms with Gasteiger partial charge in [-0.3, -0.25) is 4.79 Å². The number of alkyl halides is 3. The van der Waals surface area contributed by atoms with Crippen LogP contribution in [-0.4, -0.2) is 43.5 Å². The maximum absolute atomic E-state index is 13.8. The predicted octanol–water partition coefficient (Wildman–Crippen LogP) is 5.27. The average Bonchev–Trinajstić information content (AvgIpc) is 3.57. The first-order chi connectivity index (χ1) is 16.8. The maximum Gasteiger partial charge on any atom is 0.416 e. The van der Waals surface area contributed by atoms with Crippen LogP contribution in [0.1, 0.15) is 48.4 Å². The normalized spacial score (nSPS) is 20.7. The third kappa shape index (κ3) is 5.03. The van der Waals surface area contributed by atoms with Crippen LogP contribution in [0, 0.1) is 5.92 Å². The lowest BCUT2D eigenvalue weighted by atomic mass is 9.95. The molecule has 2 heterocycles. The summed E-state index contributed by atoms with van der Waals surface area (Å²) in [4.78, 5) is 16.6. The van der Waals surface area contributed by atoms with Crippen molar-refractivity contribution in [3.8, 4) is 0 Å². The van der Waals surface area contributed by atoms with Gasteiger partial charge in [0.15, 0.2) is 0 Å². The Labute approximate surface area is 204 Å². The van der Waals surface area contributed by atoms with E-state index < -0.39 is 17.8 Å². The molecule has 1 aliphatic carbocycles. The molecule has 1 atom stereocenters. The van der Waals surface area contributed by atoms with Crippen LogP contribution in [0.2, 0.25) is 0 Å². The molecule has 1 unspecified atom stereocenters. The second-order valence-corrected chi connectivity index (χ2v) is 9.63. The van der Waals surface area contributed by atoms with Crippen molar-refractivity contribution in [1.82, 2.24) is 10.2 Å². The molecule has 0 radical (unpaired) electrons. The highest BCUT2D eigenvalue weighted by Crippen LogP contribution is 2.41. The Kier molecular flexibility index (Phi) is 6.49. The van der Waals surface area contributed by atoms with Gasteiger partial charge in [0.05, 0.1) is 11.6 Å². The Hall–Kier alpha value is -3.00. The van der Waals surface area contributed by atoms with Gasteiger partial charge in [-0.2, -0.15) is 13.2 Å². The third-order valence-electron chi connectivity index (χ3n) is 7.19. The summed E-state index contributed by atoms with van der Waals surface area (Å²) in [6.07, 6.45) is -0.393. The molecule has 5 nitrogen and oxygen atoms in total. The van der Waals surface area contributed by atoms with Crippen LogP contribution in [0.5, 0.6) is 0 Å². The summed E-state index contributed by atoms with van der Waals surface area (Å²) in [5.41, 5.74) is 2.97. The fraction of sp³-hybridized carbons (Fsp3) is 0.444. The largest absolute Gasteiger partial charge is 0.416 e. The number of nitrogens with zero attached hydrogens (tertiary/aromatic N) is 2. The molecule has 2 aromatic rings. The van der Waals surface area contributed by atoms with Crippen molar-refractivity contribution >= 4 is 23.0 Å². The van der Waals surface area contributed by atoms with E-state index in [1.165, 1.54) is 6.07 Å². The second-order valence-electron chi connectivity index (χ2n) is 9.63. The van der Waals surface area contributed by atoms with Gasteiger partial charge in [0.1, 0.15) is 0 Å². The fourth-order valence-electron chi connectivity index (χ4n) is 5.17. The van der Waals surface area contributed by atoms with Crippen LogP contribution < -0.4 is 15.5 Å². The average molecular weight is 485 g/mol. The van der Waals surface area contributed by atoms with Crippen LogP contribution in [0.15, 0.2) is 49.0 Å². The lowest BCUT2D eigenvalue weighted by Crippen LogP contribution is -2.45. The van der Waals surface area contributed by atoms with Gasteiger partial charge in [0, 0.05) is 61.3 Å². The first-order valence-corrected chi connectivity index (χ1v) is 12.4. The summed E-state index contributed by atoms with van der Waals surface area (Å²) in [6, 6.07) is 11.1. The number of amides is 1. The fourth-order valence-corrected chi connectivity index (χ4v) is 5.17. The Morgan fingerprint density at radius 2 is 1.80 bits per heavy atom. The molecule has 5 rings (SSSR count). The monoisotopic (exact) mass is 484 g/mol.